The monoisotopic (exact) mass is 812 g/mol. The van der Waals surface area contributed by atoms with Crippen molar-refractivity contribution in [3.63, 3.8) is 0 Å². The fraction of sp³-hybridized carbons (Fsp3) is 0.525. The number of hydrogen-bond donors (Lipinski definition) is 11. The molecule has 0 aliphatic heterocycles. The summed E-state index contributed by atoms with van der Waals surface area (Å²) in [7, 11) is 0. The minimum absolute atomic E-state index is 0.0359. The van der Waals surface area contributed by atoms with Crippen LogP contribution in [0.15, 0.2) is 48.5 Å². The zero-order chi connectivity index (χ0) is 43.4. The van der Waals surface area contributed by atoms with E-state index in [1.807, 2.05) is 12.1 Å². The first-order valence-electron chi connectivity index (χ1n) is 19.5. The van der Waals surface area contributed by atoms with Crippen molar-refractivity contribution in [1.29, 1.82) is 0 Å². The summed E-state index contributed by atoms with van der Waals surface area (Å²) in [6.45, 7) is 6.17. The lowest BCUT2D eigenvalue weighted by molar-refractivity contribution is -0.137. The molecule has 2 aromatic rings. The third kappa shape index (κ3) is 17.0. The first kappa shape index (κ1) is 48.7. The van der Waals surface area contributed by atoms with Crippen molar-refractivity contribution >= 4 is 41.4 Å². The second-order valence-electron chi connectivity index (χ2n) is 14.2. The molecular formula is C40H60N8O10. The summed E-state index contributed by atoms with van der Waals surface area (Å²) in [4.78, 5) is 89.4. The Morgan fingerprint density at radius 1 is 0.690 bits per heavy atom. The Kier molecular flexibility index (Phi) is 21.0. The number of nitrogens with two attached hydrogens (primary N) is 2. The lowest BCUT2D eigenvalue weighted by Gasteiger charge is -2.26. The van der Waals surface area contributed by atoms with Crippen LogP contribution in [0.4, 0.5) is 0 Å². The zero-order valence-corrected chi connectivity index (χ0v) is 33.6. The van der Waals surface area contributed by atoms with Crippen molar-refractivity contribution in [2.45, 2.75) is 122 Å². The second kappa shape index (κ2) is 25.0. The van der Waals surface area contributed by atoms with Crippen LogP contribution in [0.3, 0.4) is 0 Å². The Morgan fingerprint density at radius 3 is 1.84 bits per heavy atom. The summed E-state index contributed by atoms with van der Waals surface area (Å²) < 4.78 is 0. The molecule has 18 heteroatoms. The molecule has 0 spiro atoms. The van der Waals surface area contributed by atoms with Crippen molar-refractivity contribution in [2.24, 2.45) is 11.5 Å². The number of carbonyl (C=O) groups excluding carboxylic acids is 7. The number of benzene rings is 2. The number of hydrogen-bond acceptors (Lipinski definition) is 11. The highest BCUT2D eigenvalue weighted by Crippen LogP contribution is 2.21. The van der Waals surface area contributed by atoms with Gasteiger partial charge in [-0.25, -0.2) is 0 Å². The van der Waals surface area contributed by atoms with Gasteiger partial charge < -0.3 is 58.7 Å². The fourth-order valence-corrected chi connectivity index (χ4v) is 5.61. The predicted octanol–water partition coefficient (Wildman–Crippen LogP) is -1.02. The average Bonchev–Trinajstić information content (AvgIpc) is 3.18. The molecule has 58 heavy (non-hydrogen) atoms. The van der Waals surface area contributed by atoms with E-state index in [1.165, 1.54) is 26.3 Å². The summed E-state index contributed by atoms with van der Waals surface area (Å²) in [6, 6.07) is 8.61. The molecule has 13 N–H and O–H groups in total. The maximum absolute atomic E-state index is 13.4. The van der Waals surface area contributed by atoms with E-state index in [-0.39, 0.29) is 25.3 Å². The first-order valence-corrected chi connectivity index (χ1v) is 19.5. The van der Waals surface area contributed by atoms with Gasteiger partial charge in [0.15, 0.2) is 6.29 Å². The maximum Gasteiger partial charge on any atom is 0.251 e. The minimum atomic E-state index is -1.93. The number of unbranched alkanes of at least 4 members (excludes halogenated alkanes) is 2. The van der Waals surface area contributed by atoms with Gasteiger partial charge in [-0.3, -0.25) is 33.6 Å². The standard InChI is InChI=1S/C40H60N8O10/c1-5-6-9-26-11-13-27(14-12-26)28-15-17-29(18-16-28)36(53)43-21-19-33(51)46-30(10-7-8-20-41)37(54)48-34(25(4)49)39(56)44-23(2)35(52)47-31(22-32(42)50)38(55)45-24(3)40(57)58/h11-18,23-25,30-31,34,40,49,57-58H,5-10,19-22,41H2,1-4H3,(H2,42,50)(H,43,53)(H,44,56)(H,45,55)(H,46,51)(H,47,52)(H,48,54)/t23-,24-,25+,30-,31-,34-/m0/s1. The number of carbonyl (C=O) groups is 7. The highest BCUT2D eigenvalue weighted by molar-refractivity contribution is 5.97. The van der Waals surface area contributed by atoms with Crippen molar-refractivity contribution in [2.75, 3.05) is 13.1 Å². The Balaban J connectivity index is 1.99. The number of aliphatic hydroxyl groups excluding tert-OH is 2. The van der Waals surface area contributed by atoms with E-state index in [4.69, 9.17) is 11.5 Å². The third-order valence-electron chi connectivity index (χ3n) is 9.16. The van der Waals surface area contributed by atoms with E-state index in [2.05, 4.69) is 63.1 Å². The molecule has 0 fully saturated rings. The molecule has 7 amide bonds. The molecule has 0 saturated carbocycles. The molecule has 2 rings (SSSR count). The molecule has 0 saturated heterocycles. The van der Waals surface area contributed by atoms with Crippen molar-refractivity contribution < 1.29 is 48.9 Å². The summed E-state index contributed by atoms with van der Waals surface area (Å²) >= 11 is 0. The van der Waals surface area contributed by atoms with Crippen molar-refractivity contribution in [3.8, 4) is 11.1 Å². The third-order valence-corrected chi connectivity index (χ3v) is 9.16. The zero-order valence-electron chi connectivity index (χ0n) is 33.6. The molecule has 0 aromatic heterocycles. The van der Waals surface area contributed by atoms with E-state index in [0.717, 1.165) is 30.4 Å². The topological polar surface area (TPSA) is 304 Å². The summed E-state index contributed by atoms with van der Waals surface area (Å²) in [5.74, 6) is -5.58. The molecule has 2 aromatic carbocycles. The lowest BCUT2D eigenvalue weighted by atomic mass is 10.0. The number of primary amides is 1. The van der Waals surface area contributed by atoms with Gasteiger partial charge in [0.1, 0.15) is 24.2 Å². The van der Waals surface area contributed by atoms with Gasteiger partial charge in [-0.2, -0.15) is 0 Å². The normalized spacial score (nSPS) is 14.2. The first-order chi connectivity index (χ1) is 27.5. The largest absolute Gasteiger partial charge is 0.391 e. The Morgan fingerprint density at radius 2 is 1.29 bits per heavy atom. The Bertz CT molecular complexity index is 1670. The SMILES string of the molecule is CCCCc1ccc(-c2ccc(C(=O)NCCC(=O)N[C@@H](CCCCN)C(=O)N[C@H](C(=O)N[C@@H](C)C(=O)N[C@@H](CC(N)=O)C(=O)N[C@@H](C)C(O)O)[C@@H](C)O)cc2)cc1. The predicted molar refractivity (Wildman–Crippen MR) is 215 cm³/mol. The number of nitrogens with one attached hydrogen (secondary N) is 6. The number of aryl methyl sites for hydroxylation is 1. The molecule has 320 valence electrons. The van der Waals surface area contributed by atoms with Gasteiger partial charge in [-0.1, -0.05) is 49.7 Å². The van der Waals surface area contributed by atoms with Gasteiger partial charge >= 0.3 is 0 Å². The quantitative estimate of drug-likeness (QED) is 0.0426. The number of rotatable bonds is 25. The van der Waals surface area contributed by atoms with Crippen molar-refractivity contribution in [1.82, 2.24) is 31.9 Å². The summed E-state index contributed by atoms with van der Waals surface area (Å²) in [6.07, 6.45) is 0.157. The van der Waals surface area contributed by atoms with E-state index in [9.17, 15) is 48.9 Å². The van der Waals surface area contributed by atoms with Gasteiger partial charge in [-0.15, -0.1) is 0 Å². The second-order valence-corrected chi connectivity index (χ2v) is 14.2. The van der Waals surface area contributed by atoms with Gasteiger partial charge in [0.25, 0.3) is 5.91 Å². The van der Waals surface area contributed by atoms with Crippen LogP contribution in [0, 0.1) is 0 Å². The number of aliphatic hydroxyl groups is 3. The van der Waals surface area contributed by atoms with Gasteiger partial charge in [0, 0.05) is 18.5 Å². The molecular weight excluding hydrogens is 752 g/mol. The molecule has 0 aliphatic rings. The van der Waals surface area contributed by atoms with E-state index in [0.29, 0.717) is 24.9 Å². The highest BCUT2D eigenvalue weighted by Gasteiger charge is 2.33. The van der Waals surface area contributed by atoms with Gasteiger partial charge in [-0.05, 0) is 88.2 Å². The molecule has 0 radical (unpaired) electrons. The van der Waals surface area contributed by atoms with Crippen LogP contribution in [-0.4, -0.2) is 112 Å². The van der Waals surface area contributed by atoms with Gasteiger partial charge in [0.05, 0.1) is 18.6 Å². The molecule has 0 bridgehead atoms. The summed E-state index contributed by atoms with van der Waals surface area (Å²) in [5.41, 5.74) is 14.5. The van der Waals surface area contributed by atoms with Crippen LogP contribution in [-0.2, 0) is 35.2 Å². The summed E-state index contributed by atoms with van der Waals surface area (Å²) in [5, 5.41) is 43.5. The smallest absolute Gasteiger partial charge is 0.251 e. The number of amides is 7. The molecule has 0 aliphatic carbocycles. The Hall–Kier alpha value is -5.43. The fourth-order valence-electron chi connectivity index (χ4n) is 5.61. The van der Waals surface area contributed by atoms with Crippen LogP contribution >= 0.6 is 0 Å². The van der Waals surface area contributed by atoms with Gasteiger partial charge in [0.2, 0.25) is 35.4 Å². The van der Waals surface area contributed by atoms with E-state index < -0.39 is 84.5 Å². The molecule has 0 unspecified atom stereocenters. The van der Waals surface area contributed by atoms with Crippen molar-refractivity contribution in [3.05, 3.63) is 59.7 Å². The minimum Gasteiger partial charge on any atom is -0.391 e. The van der Waals surface area contributed by atoms with Crippen LogP contribution < -0.4 is 43.4 Å². The highest BCUT2D eigenvalue weighted by atomic mass is 16.5. The Labute approximate surface area is 338 Å². The van der Waals surface area contributed by atoms with Crippen LogP contribution in [0.25, 0.3) is 11.1 Å². The average molecular weight is 813 g/mol. The van der Waals surface area contributed by atoms with Crippen LogP contribution in [0.5, 0.6) is 0 Å². The maximum atomic E-state index is 13.4. The molecule has 18 nitrogen and oxygen atoms in total. The lowest BCUT2D eigenvalue weighted by Crippen LogP contribution is -2.60. The van der Waals surface area contributed by atoms with E-state index in [1.54, 1.807) is 12.1 Å². The molecule has 0 heterocycles. The van der Waals surface area contributed by atoms with E-state index >= 15 is 0 Å². The van der Waals surface area contributed by atoms with Crippen LogP contribution in [0.2, 0.25) is 0 Å². The van der Waals surface area contributed by atoms with Crippen LogP contribution in [0.1, 0.15) is 88.6 Å². The molecule has 6 atom stereocenters.